The number of non-ortho nitro benzene ring substituents is 1. The van der Waals surface area contributed by atoms with Gasteiger partial charge in [-0.25, -0.2) is 4.79 Å². The predicted octanol–water partition coefficient (Wildman–Crippen LogP) is 3.30. The molecule has 1 heterocycles. The third kappa shape index (κ3) is 4.99. The molecule has 30 heavy (non-hydrogen) atoms. The Morgan fingerprint density at radius 3 is 2.37 bits per heavy atom. The third-order valence-electron chi connectivity index (χ3n) is 4.74. The van der Waals surface area contributed by atoms with Crippen LogP contribution >= 0.6 is 0 Å². The Bertz CT molecular complexity index is 956. The molecular formula is C21H21N3O6. The van der Waals surface area contributed by atoms with Gasteiger partial charge in [-0.15, -0.1) is 0 Å². The summed E-state index contributed by atoms with van der Waals surface area (Å²) in [5.41, 5.74) is 1.24. The molecule has 156 valence electrons. The maximum Gasteiger partial charge on any atom is 0.338 e. The summed E-state index contributed by atoms with van der Waals surface area (Å²) < 4.78 is 5.20. The van der Waals surface area contributed by atoms with Crippen LogP contribution in [0.1, 0.15) is 36.5 Å². The van der Waals surface area contributed by atoms with Gasteiger partial charge in [0.15, 0.2) is 6.10 Å². The molecule has 1 aliphatic heterocycles. The summed E-state index contributed by atoms with van der Waals surface area (Å²) in [5.74, 6) is -1.17. The van der Waals surface area contributed by atoms with Crippen molar-refractivity contribution in [3.05, 3.63) is 64.2 Å². The Labute approximate surface area is 172 Å². The normalized spacial score (nSPS) is 14.7. The summed E-state index contributed by atoms with van der Waals surface area (Å²) in [6, 6.07) is 11.8. The van der Waals surface area contributed by atoms with Gasteiger partial charge in [0.1, 0.15) is 0 Å². The Morgan fingerprint density at radius 2 is 1.77 bits per heavy atom. The fourth-order valence-electron chi connectivity index (χ4n) is 3.05. The summed E-state index contributed by atoms with van der Waals surface area (Å²) in [4.78, 5) is 48.4. The zero-order valence-corrected chi connectivity index (χ0v) is 16.4. The van der Waals surface area contributed by atoms with E-state index in [9.17, 15) is 24.5 Å². The molecule has 3 rings (SSSR count). The number of carbonyl (C=O) groups excluding carboxylic acids is 3. The lowest BCUT2D eigenvalue weighted by Crippen LogP contribution is -2.35. The fraction of sp³-hybridized carbons (Fsp3) is 0.286. The molecule has 2 amide bonds. The summed E-state index contributed by atoms with van der Waals surface area (Å²) in [7, 11) is 0. The Balaban J connectivity index is 1.57. The minimum absolute atomic E-state index is 0.0631. The molecule has 1 unspecified atom stereocenters. The molecule has 0 aliphatic carbocycles. The van der Waals surface area contributed by atoms with Gasteiger partial charge >= 0.3 is 5.97 Å². The number of anilines is 2. The zero-order chi connectivity index (χ0) is 21.7. The lowest BCUT2D eigenvalue weighted by molar-refractivity contribution is -0.384. The van der Waals surface area contributed by atoms with Gasteiger partial charge < -0.3 is 15.0 Å². The second-order valence-electron chi connectivity index (χ2n) is 6.89. The van der Waals surface area contributed by atoms with E-state index in [1.54, 1.807) is 29.2 Å². The highest BCUT2D eigenvalue weighted by atomic mass is 16.6. The van der Waals surface area contributed by atoms with Gasteiger partial charge in [0.2, 0.25) is 5.91 Å². The second kappa shape index (κ2) is 9.17. The molecule has 1 aliphatic rings. The van der Waals surface area contributed by atoms with Gasteiger partial charge in [-0.3, -0.25) is 19.7 Å². The number of rotatable bonds is 6. The second-order valence-corrected chi connectivity index (χ2v) is 6.89. The van der Waals surface area contributed by atoms with Crippen molar-refractivity contribution in [2.45, 2.75) is 32.3 Å². The Morgan fingerprint density at radius 1 is 1.10 bits per heavy atom. The van der Waals surface area contributed by atoms with Crippen molar-refractivity contribution in [1.82, 2.24) is 0 Å². The van der Waals surface area contributed by atoms with Gasteiger partial charge in [-0.1, -0.05) is 0 Å². The van der Waals surface area contributed by atoms with Crippen molar-refractivity contribution in [3.8, 4) is 0 Å². The number of carbonyl (C=O) groups is 3. The van der Waals surface area contributed by atoms with Crippen LogP contribution in [-0.2, 0) is 14.3 Å². The van der Waals surface area contributed by atoms with E-state index < -0.39 is 22.9 Å². The number of nitrogens with zero attached hydrogens (tertiary/aromatic N) is 2. The van der Waals surface area contributed by atoms with Crippen LogP contribution in [0.5, 0.6) is 0 Å². The number of nitro benzene ring substituents is 1. The van der Waals surface area contributed by atoms with Crippen molar-refractivity contribution in [3.63, 3.8) is 0 Å². The highest BCUT2D eigenvalue weighted by Crippen LogP contribution is 2.22. The number of esters is 1. The molecule has 0 spiro atoms. The SMILES string of the molecule is CC(OC(=O)c1ccc(N2CCCCC2=O)cc1)C(=O)Nc1ccc([N+](=O)[O-])cc1. The minimum atomic E-state index is -1.07. The molecular weight excluding hydrogens is 390 g/mol. The number of ether oxygens (including phenoxy) is 1. The monoisotopic (exact) mass is 411 g/mol. The smallest absolute Gasteiger partial charge is 0.338 e. The van der Waals surface area contributed by atoms with Crippen molar-refractivity contribution < 1.29 is 24.0 Å². The average Bonchev–Trinajstić information content (AvgIpc) is 2.74. The van der Waals surface area contributed by atoms with Crippen LogP contribution in [0.25, 0.3) is 0 Å². The molecule has 9 nitrogen and oxygen atoms in total. The van der Waals surface area contributed by atoms with Crippen LogP contribution in [0.2, 0.25) is 0 Å². The van der Waals surface area contributed by atoms with Crippen LogP contribution in [-0.4, -0.2) is 35.4 Å². The van der Waals surface area contributed by atoms with E-state index >= 15 is 0 Å². The Kier molecular flexibility index (Phi) is 6.41. The molecule has 1 fully saturated rings. The minimum Gasteiger partial charge on any atom is -0.449 e. The maximum atomic E-state index is 12.3. The van der Waals surface area contributed by atoms with Crippen LogP contribution in [0.15, 0.2) is 48.5 Å². The number of nitro groups is 1. The van der Waals surface area contributed by atoms with Crippen molar-refractivity contribution in [2.75, 3.05) is 16.8 Å². The van der Waals surface area contributed by atoms with Crippen molar-refractivity contribution in [1.29, 1.82) is 0 Å². The van der Waals surface area contributed by atoms with E-state index in [1.165, 1.54) is 31.2 Å². The van der Waals surface area contributed by atoms with Gasteiger partial charge in [0.05, 0.1) is 10.5 Å². The summed E-state index contributed by atoms with van der Waals surface area (Å²) in [6.45, 7) is 2.09. The topological polar surface area (TPSA) is 119 Å². The number of nitrogens with one attached hydrogen (secondary N) is 1. The maximum absolute atomic E-state index is 12.3. The molecule has 1 atom stereocenters. The lowest BCUT2D eigenvalue weighted by Gasteiger charge is -2.26. The van der Waals surface area contributed by atoms with E-state index in [0.29, 0.717) is 18.7 Å². The van der Waals surface area contributed by atoms with E-state index in [-0.39, 0.29) is 17.2 Å². The largest absolute Gasteiger partial charge is 0.449 e. The molecule has 0 bridgehead atoms. The number of piperidine rings is 1. The number of hydrogen-bond donors (Lipinski definition) is 1. The van der Waals surface area contributed by atoms with Crippen LogP contribution in [0, 0.1) is 10.1 Å². The molecule has 2 aromatic carbocycles. The first-order valence-corrected chi connectivity index (χ1v) is 9.52. The average molecular weight is 411 g/mol. The molecule has 0 aromatic heterocycles. The predicted molar refractivity (Wildman–Crippen MR) is 109 cm³/mol. The van der Waals surface area contributed by atoms with Gasteiger partial charge in [0.25, 0.3) is 11.6 Å². The highest BCUT2D eigenvalue weighted by molar-refractivity contribution is 5.98. The highest BCUT2D eigenvalue weighted by Gasteiger charge is 2.22. The number of benzene rings is 2. The van der Waals surface area contributed by atoms with Gasteiger partial charge in [-0.2, -0.15) is 0 Å². The summed E-state index contributed by atoms with van der Waals surface area (Å²) in [5, 5.41) is 13.2. The molecule has 2 aromatic rings. The molecule has 1 saturated heterocycles. The van der Waals surface area contributed by atoms with Crippen LogP contribution in [0.3, 0.4) is 0 Å². The number of hydrogen-bond acceptors (Lipinski definition) is 6. The fourth-order valence-corrected chi connectivity index (χ4v) is 3.05. The van der Waals surface area contributed by atoms with E-state index in [1.807, 2.05) is 0 Å². The van der Waals surface area contributed by atoms with E-state index in [0.717, 1.165) is 18.5 Å². The standard InChI is InChI=1S/C21H21N3O6/c1-14(20(26)22-16-7-11-18(12-8-16)24(28)29)30-21(27)15-5-9-17(10-6-15)23-13-3-2-4-19(23)25/h5-12,14H,2-4,13H2,1H3,(H,22,26). The van der Waals surface area contributed by atoms with E-state index in [2.05, 4.69) is 5.32 Å². The molecule has 0 saturated carbocycles. The number of amides is 2. The summed E-state index contributed by atoms with van der Waals surface area (Å²) >= 11 is 0. The Hall–Kier alpha value is -3.75. The first-order chi connectivity index (χ1) is 14.3. The van der Waals surface area contributed by atoms with Gasteiger partial charge in [-0.05, 0) is 56.2 Å². The molecule has 1 N–H and O–H groups in total. The van der Waals surface area contributed by atoms with Crippen molar-refractivity contribution >= 4 is 34.8 Å². The van der Waals surface area contributed by atoms with Crippen LogP contribution in [0.4, 0.5) is 17.1 Å². The third-order valence-corrected chi connectivity index (χ3v) is 4.74. The first kappa shape index (κ1) is 21.0. The zero-order valence-electron chi connectivity index (χ0n) is 16.4. The van der Waals surface area contributed by atoms with Crippen molar-refractivity contribution in [2.24, 2.45) is 0 Å². The quantitative estimate of drug-likeness (QED) is 0.443. The summed E-state index contributed by atoms with van der Waals surface area (Å²) in [6.07, 6.45) is 1.28. The molecule has 0 radical (unpaired) electrons. The van der Waals surface area contributed by atoms with Gasteiger partial charge in [0, 0.05) is 36.5 Å². The van der Waals surface area contributed by atoms with Crippen LogP contribution < -0.4 is 10.2 Å². The van der Waals surface area contributed by atoms with E-state index in [4.69, 9.17) is 4.74 Å². The lowest BCUT2D eigenvalue weighted by atomic mass is 10.1. The molecule has 9 heteroatoms. The first-order valence-electron chi connectivity index (χ1n) is 9.52.